The van der Waals surface area contributed by atoms with E-state index in [0.29, 0.717) is 23.8 Å². The number of aromatic nitrogens is 1. The van der Waals surface area contributed by atoms with Crippen molar-refractivity contribution in [3.8, 4) is 5.75 Å². The van der Waals surface area contributed by atoms with Crippen LogP contribution in [0.2, 0.25) is 0 Å². The lowest BCUT2D eigenvalue weighted by molar-refractivity contribution is 0.111. The van der Waals surface area contributed by atoms with Gasteiger partial charge in [0.2, 0.25) is 0 Å². The summed E-state index contributed by atoms with van der Waals surface area (Å²) in [6.07, 6.45) is 4.84. The molecule has 1 saturated carbocycles. The van der Waals surface area contributed by atoms with Crippen LogP contribution in [0.3, 0.4) is 0 Å². The molecule has 3 nitrogen and oxygen atoms in total. The molecule has 68 valence electrons. The first-order valence-corrected chi connectivity index (χ1v) is 4.86. The predicted octanol–water partition coefficient (Wildman–Crippen LogP) is 2.20. The molecule has 1 aromatic rings. The Bertz CT molecular complexity index is 336. The number of hydrogen-bond donors (Lipinski definition) is 0. The van der Waals surface area contributed by atoms with Gasteiger partial charge in [-0.25, -0.2) is 0 Å². The molecule has 0 N–H and O–H groups in total. The average Bonchev–Trinajstić information content (AvgIpc) is 2.93. The van der Waals surface area contributed by atoms with E-state index < -0.39 is 0 Å². The van der Waals surface area contributed by atoms with Crippen LogP contribution in [-0.2, 0) is 0 Å². The number of ether oxygens (including phenoxy) is 1. The first kappa shape index (κ1) is 8.69. The summed E-state index contributed by atoms with van der Waals surface area (Å²) in [5, 5.41) is 0. The van der Waals surface area contributed by atoms with E-state index in [4.69, 9.17) is 4.74 Å². The maximum atomic E-state index is 10.4. The summed E-state index contributed by atoms with van der Waals surface area (Å²) in [6.45, 7) is 0. The number of rotatable bonds is 3. The van der Waals surface area contributed by atoms with Gasteiger partial charge in [-0.2, -0.15) is 0 Å². The van der Waals surface area contributed by atoms with Crippen molar-refractivity contribution in [2.75, 3.05) is 0 Å². The van der Waals surface area contributed by atoms with E-state index in [1.165, 1.54) is 0 Å². The van der Waals surface area contributed by atoms with Crippen LogP contribution >= 0.6 is 15.9 Å². The van der Waals surface area contributed by atoms with E-state index >= 15 is 0 Å². The van der Waals surface area contributed by atoms with Gasteiger partial charge in [-0.1, -0.05) is 0 Å². The highest BCUT2D eigenvalue weighted by molar-refractivity contribution is 9.10. The van der Waals surface area contributed by atoms with Gasteiger partial charge in [0.1, 0.15) is 11.4 Å². The first-order chi connectivity index (χ1) is 6.29. The second-order valence-electron chi connectivity index (χ2n) is 2.97. The Hall–Kier alpha value is -0.900. The molecule has 1 heterocycles. The molecular formula is C9H8BrNO2. The lowest BCUT2D eigenvalue weighted by Gasteiger charge is -2.05. The zero-order chi connectivity index (χ0) is 9.26. The van der Waals surface area contributed by atoms with Crippen molar-refractivity contribution >= 4 is 22.2 Å². The third kappa shape index (κ3) is 2.06. The summed E-state index contributed by atoms with van der Waals surface area (Å²) in [5.74, 6) is 0.708. The fourth-order valence-electron chi connectivity index (χ4n) is 0.956. The largest absolute Gasteiger partial charge is 0.489 e. The molecule has 0 spiro atoms. The second kappa shape index (κ2) is 3.46. The molecule has 0 radical (unpaired) electrons. The lowest BCUT2D eigenvalue weighted by Crippen LogP contribution is -1.98. The van der Waals surface area contributed by atoms with E-state index in [9.17, 15) is 4.79 Å². The van der Waals surface area contributed by atoms with Crippen molar-refractivity contribution in [2.45, 2.75) is 18.9 Å². The maximum Gasteiger partial charge on any atom is 0.168 e. The SMILES string of the molecule is O=Cc1cc(OC2CC2)c(Br)cn1. The number of aldehydes is 1. The standard InChI is InChI=1S/C9H8BrNO2/c10-8-4-11-6(5-12)3-9(8)13-7-1-2-7/h3-5,7H,1-2H2. The van der Waals surface area contributed by atoms with Gasteiger partial charge >= 0.3 is 0 Å². The monoisotopic (exact) mass is 241 g/mol. The molecule has 0 amide bonds. The highest BCUT2D eigenvalue weighted by atomic mass is 79.9. The van der Waals surface area contributed by atoms with E-state index in [1.54, 1.807) is 12.3 Å². The quantitative estimate of drug-likeness (QED) is 0.762. The molecule has 1 aliphatic rings. The number of carbonyl (C=O) groups excluding carboxylic acids is 1. The lowest BCUT2D eigenvalue weighted by atomic mass is 10.3. The van der Waals surface area contributed by atoms with Gasteiger partial charge in [-0.15, -0.1) is 0 Å². The Balaban J connectivity index is 2.24. The second-order valence-corrected chi connectivity index (χ2v) is 3.83. The molecule has 0 atom stereocenters. The van der Waals surface area contributed by atoms with Crippen LogP contribution in [0.5, 0.6) is 5.75 Å². The highest BCUT2D eigenvalue weighted by Crippen LogP contribution is 2.31. The van der Waals surface area contributed by atoms with Crippen molar-refractivity contribution in [2.24, 2.45) is 0 Å². The van der Waals surface area contributed by atoms with E-state index in [2.05, 4.69) is 20.9 Å². The van der Waals surface area contributed by atoms with Gasteiger partial charge in [0.05, 0.1) is 10.6 Å². The molecular weight excluding hydrogens is 234 g/mol. The van der Waals surface area contributed by atoms with Gasteiger partial charge in [0, 0.05) is 12.3 Å². The third-order valence-corrected chi connectivity index (χ3v) is 2.38. The van der Waals surface area contributed by atoms with Crippen LogP contribution in [0.25, 0.3) is 0 Å². The molecule has 0 unspecified atom stereocenters. The van der Waals surface area contributed by atoms with Crippen molar-refractivity contribution in [1.29, 1.82) is 0 Å². The van der Waals surface area contributed by atoms with E-state index in [0.717, 1.165) is 17.3 Å². The Morgan fingerprint density at radius 1 is 1.62 bits per heavy atom. The molecule has 0 aliphatic heterocycles. The molecule has 1 fully saturated rings. The fraction of sp³-hybridized carbons (Fsp3) is 0.333. The van der Waals surface area contributed by atoms with Crippen molar-refractivity contribution in [1.82, 2.24) is 4.98 Å². The van der Waals surface area contributed by atoms with Crippen LogP contribution in [0, 0.1) is 0 Å². The Kier molecular flexibility index (Phi) is 2.31. The van der Waals surface area contributed by atoms with Crippen LogP contribution in [-0.4, -0.2) is 17.4 Å². The Morgan fingerprint density at radius 2 is 2.38 bits per heavy atom. The third-order valence-electron chi connectivity index (χ3n) is 1.78. The molecule has 4 heteroatoms. The minimum atomic E-state index is 0.332. The summed E-state index contributed by atoms with van der Waals surface area (Å²) in [6, 6.07) is 1.65. The molecule has 0 bridgehead atoms. The molecule has 0 aromatic carbocycles. The Labute approximate surface area is 84.2 Å². The smallest absolute Gasteiger partial charge is 0.168 e. The number of nitrogens with zero attached hydrogens (tertiary/aromatic N) is 1. The number of hydrogen-bond acceptors (Lipinski definition) is 3. The molecule has 2 rings (SSSR count). The van der Waals surface area contributed by atoms with Gasteiger partial charge in [0.15, 0.2) is 6.29 Å². The molecule has 13 heavy (non-hydrogen) atoms. The fourth-order valence-corrected chi connectivity index (χ4v) is 1.27. The summed E-state index contributed by atoms with van der Waals surface area (Å²) >= 11 is 3.31. The Morgan fingerprint density at radius 3 is 3.00 bits per heavy atom. The predicted molar refractivity (Wildman–Crippen MR) is 51.0 cm³/mol. The number of pyridine rings is 1. The van der Waals surface area contributed by atoms with Gasteiger partial charge in [0.25, 0.3) is 0 Å². The summed E-state index contributed by atoms with van der Waals surface area (Å²) in [4.78, 5) is 14.3. The average molecular weight is 242 g/mol. The first-order valence-electron chi connectivity index (χ1n) is 4.07. The van der Waals surface area contributed by atoms with Crippen LogP contribution in [0.4, 0.5) is 0 Å². The van der Waals surface area contributed by atoms with Gasteiger partial charge < -0.3 is 4.74 Å². The molecule has 1 aliphatic carbocycles. The van der Waals surface area contributed by atoms with E-state index in [-0.39, 0.29) is 0 Å². The van der Waals surface area contributed by atoms with Crippen molar-refractivity contribution < 1.29 is 9.53 Å². The van der Waals surface area contributed by atoms with Crippen molar-refractivity contribution in [3.63, 3.8) is 0 Å². The summed E-state index contributed by atoms with van der Waals surface area (Å²) in [7, 11) is 0. The van der Waals surface area contributed by atoms with E-state index in [1.807, 2.05) is 0 Å². The minimum absolute atomic E-state index is 0.332. The number of halogens is 1. The highest BCUT2D eigenvalue weighted by Gasteiger charge is 2.24. The van der Waals surface area contributed by atoms with Crippen LogP contribution < -0.4 is 4.74 Å². The minimum Gasteiger partial charge on any atom is -0.489 e. The zero-order valence-corrected chi connectivity index (χ0v) is 8.45. The summed E-state index contributed by atoms with van der Waals surface area (Å²) < 4.78 is 6.35. The van der Waals surface area contributed by atoms with Gasteiger partial charge in [-0.05, 0) is 28.8 Å². The molecule has 0 saturated heterocycles. The maximum absolute atomic E-state index is 10.4. The topological polar surface area (TPSA) is 39.2 Å². The summed E-state index contributed by atoms with van der Waals surface area (Å²) in [5.41, 5.74) is 0.402. The normalized spacial score (nSPS) is 15.5. The molecule has 1 aromatic heterocycles. The van der Waals surface area contributed by atoms with Gasteiger partial charge in [-0.3, -0.25) is 9.78 Å². The van der Waals surface area contributed by atoms with Crippen LogP contribution in [0.15, 0.2) is 16.7 Å². The van der Waals surface area contributed by atoms with Crippen molar-refractivity contribution in [3.05, 3.63) is 22.4 Å². The number of carbonyl (C=O) groups is 1. The zero-order valence-electron chi connectivity index (χ0n) is 6.87. The van der Waals surface area contributed by atoms with Crippen LogP contribution in [0.1, 0.15) is 23.3 Å².